The Hall–Kier alpha value is -0.870. The second-order valence-electron chi connectivity index (χ2n) is 3.97. The monoisotopic (exact) mass is 212 g/mol. The summed E-state index contributed by atoms with van der Waals surface area (Å²) in [6.45, 7) is 3.97. The lowest BCUT2D eigenvalue weighted by Gasteiger charge is -2.38. The summed E-state index contributed by atoms with van der Waals surface area (Å²) in [5, 5.41) is 8.91. The number of aliphatic hydroxyl groups excluding tert-OH is 1. The van der Waals surface area contributed by atoms with Crippen LogP contribution in [0.3, 0.4) is 0 Å². The van der Waals surface area contributed by atoms with E-state index in [-0.39, 0.29) is 12.5 Å². The molecular weight excluding hydrogens is 192 g/mol. The minimum atomic E-state index is -0.505. The molecule has 1 aliphatic rings. The third-order valence-electron chi connectivity index (χ3n) is 2.88. The molecule has 3 N–H and O–H groups in total. The van der Waals surface area contributed by atoms with Crippen molar-refractivity contribution in [3.63, 3.8) is 0 Å². The van der Waals surface area contributed by atoms with Gasteiger partial charge in [0.2, 0.25) is 5.91 Å². The molecule has 1 amide bonds. The maximum absolute atomic E-state index is 11.9. The lowest BCUT2D eigenvalue weighted by Crippen LogP contribution is -2.51. The Kier molecular flexibility index (Phi) is 4.78. The first kappa shape index (κ1) is 12.2. The molecule has 1 fully saturated rings. The Bertz CT molecular complexity index is 227. The van der Waals surface area contributed by atoms with Gasteiger partial charge in [0.05, 0.1) is 12.6 Å². The van der Waals surface area contributed by atoms with Crippen molar-refractivity contribution in [2.75, 3.05) is 13.2 Å². The zero-order valence-electron chi connectivity index (χ0n) is 9.06. The van der Waals surface area contributed by atoms with Crippen molar-refractivity contribution < 1.29 is 9.90 Å². The largest absolute Gasteiger partial charge is 0.395 e. The molecule has 4 heteroatoms. The van der Waals surface area contributed by atoms with Crippen LogP contribution in [0.15, 0.2) is 12.7 Å². The number of carbonyl (C=O) groups is 1. The summed E-state index contributed by atoms with van der Waals surface area (Å²) < 4.78 is 0. The first-order valence-electron chi connectivity index (χ1n) is 5.48. The molecule has 4 nitrogen and oxygen atoms in total. The molecule has 0 bridgehead atoms. The SMILES string of the molecule is C=CCC(N)C(=O)N(CCO)C1CCC1. The van der Waals surface area contributed by atoms with Crippen molar-refractivity contribution in [2.45, 2.75) is 37.8 Å². The number of nitrogens with zero attached hydrogens (tertiary/aromatic N) is 1. The third-order valence-corrected chi connectivity index (χ3v) is 2.88. The number of carbonyl (C=O) groups excluding carboxylic acids is 1. The van der Waals surface area contributed by atoms with Gasteiger partial charge in [-0.2, -0.15) is 0 Å². The van der Waals surface area contributed by atoms with Gasteiger partial charge in [0.1, 0.15) is 0 Å². The maximum atomic E-state index is 11.9. The van der Waals surface area contributed by atoms with E-state index in [1.165, 1.54) is 0 Å². The van der Waals surface area contributed by atoms with Crippen LogP contribution in [0.4, 0.5) is 0 Å². The van der Waals surface area contributed by atoms with Gasteiger partial charge in [0.25, 0.3) is 0 Å². The fourth-order valence-electron chi connectivity index (χ4n) is 1.77. The minimum absolute atomic E-state index is 0.00303. The molecular formula is C11H20N2O2. The van der Waals surface area contributed by atoms with Crippen LogP contribution in [0.25, 0.3) is 0 Å². The Morgan fingerprint density at radius 1 is 1.67 bits per heavy atom. The van der Waals surface area contributed by atoms with Crippen LogP contribution < -0.4 is 5.73 Å². The molecule has 1 unspecified atom stereocenters. The number of amides is 1. The molecule has 0 saturated heterocycles. The lowest BCUT2D eigenvalue weighted by molar-refractivity contribution is -0.137. The van der Waals surface area contributed by atoms with Crippen molar-refractivity contribution in [1.82, 2.24) is 4.90 Å². The highest BCUT2D eigenvalue weighted by Crippen LogP contribution is 2.25. The first-order valence-corrected chi connectivity index (χ1v) is 5.48. The Morgan fingerprint density at radius 3 is 2.73 bits per heavy atom. The summed E-state index contributed by atoms with van der Waals surface area (Å²) in [4.78, 5) is 13.6. The van der Waals surface area contributed by atoms with Crippen molar-refractivity contribution in [2.24, 2.45) is 5.73 Å². The van der Waals surface area contributed by atoms with E-state index < -0.39 is 6.04 Å². The summed E-state index contributed by atoms with van der Waals surface area (Å²) in [5.74, 6) is -0.0614. The van der Waals surface area contributed by atoms with E-state index in [9.17, 15) is 4.79 Å². The van der Waals surface area contributed by atoms with Crippen molar-refractivity contribution >= 4 is 5.91 Å². The van der Waals surface area contributed by atoms with Gasteiger partial charge in [0, 0.05) is 12.6 Å². The van der Waals surface area contributed by atoms with Gasteiger partial charge >= 0.3 is 0 Å². The zero-order chi connectivity index (χ0) is 11.3. The highest BCUT2D eigenvalue weighted by Gasteiger charge is 2.30. The molecule has 0 aromatic heterocycles. The lowest BCUT2D eigenvalue weighted by atomic mass is 9.91. The normalized spacial score (nSPS) is 18.0. The zero-order valence-corrected chi connectivity index (χ0v) is 9.06. The second kappa shape index (κ2) is 5.88. The molecule has 0 spiro atoms. The summed E-state index contributed by atoms with van der Waals surface area (Å²) in [7, 11) is 0. The van der Waals surface area contributed by atoms with Gasteiger partial charge in [-0.25, -0.2) is 0 Å². The molecule has 0 radical (unpaired) electrons. The van der Waals surface area contributed by atoms with E-state index in [2.05, 4.69) is 6.58 Å². The molecule has 0 aromatic rings. The van der Waals surface area contributed by atoms with E-state index in [1.54, 1.807) is 11.0 Å². The predicted octanol–water partition coefficient (Wildman–Crippen LogP) is 0.263. The molecule has 0 aliphatic heterocycles. The average Bonchev–Trinajstić information content (AvgIpc) is 2.13. The van der Waals surface area contributed by atoms with Crippen LogP contribution in [0.1, 0.15) is 25.7 Å². The highest BCUT2D eigenvalue weighted by molar-refractivity contribution is 5.82. The van der Waals surface area contributed by atoms with Gasteiger partial charge in [-0.15, -0.1) is 6.58 Å². The van der Waals surface area contributed by atoms with E-state index in [0.29, 0.717) is 19.0 Å². The molecule has 0 aromatic carbocycles. The van der Waals surface area contributed by atoms with Gasteiger partial charge in [-0.3, -0.25) is 4.79 Å². The van der Waals surface area contributed by atoms with E-state index in [0.717, 1.165) is 19.3 Å². The van der Waals surface area contributed by atoms with Crippen LogP contribution in [-0.2, 0) is 4.79 Å². The number of aliphatic hydroxyl groups is 1. The Morgan fingerprint density at radius 2 is 2.33 bits per heavy atom. The summed E-state index contributed by atoms with van der Waals surface area (Å²) in [6, 6.07) is -0.213. The van der Waals surface area contributed by atoms with E-state index in [1.807, 2.05) is 0 Å². The van der Waals surface area contributed by atoms with Crippen molar-refractivity contribution in [1.29, 1.82) is 0 Å². The second-order valence-corrected chi connectivity index (χ2v) is 3.97. The fraction of sp³-hybridized carbons (Fsp3) is 0.727. The smallest absolute Gasteiger partial charge is 0.240 e. The third kappa shape index (κ3) is 3.04. The molecule has 1 aliphatic carbocycles. The molecule has 15 heavy (non-hydrogen) atoms. The minimum Gasteiger partial charge on any atom is -0.395 e. The highest BCUT2D eigenvalue weighted by atomic mass is 16.3. The molecule has 1 rings (SSSR count). The predicted molar refractivity (Wildman–Crippen MR) is 59.2 cm³/mol. The van der Waals surface area contributed by atoms with Gasteiger partial charge in [-0.1, -0.05) is 6.08 Å². The standard InChI is InChI=1S/C11H20N2O2/c1-2-4-10(12)11(15)13(7-8-14)9-5-3-6-9/h2,9-10,14H,1,3-8,12H2. The quantitative estimate of drug-likeness (QED) is 0.621. The van der Waals surface area contributed by atoms with Crippen molar-refractivity contribution in [3.8, 4) is 0 Å². The number of hydrogen-bond acceptors (Lipinski definition) is 3. The molecule has 0 heterocycles. The topological polar surface area (TPSA) is 66.6 Å². The van der Waals surface area contributed by atoms with Gasteiger partial charge < -0.3 is 15.7 Å². The van der Waals surface area contributed by atoms with Gasteiger partial charge in [-0.05, 0) is 25.7 Å². The summed E-state index contributed by atoms with van der Waals surface area (Å²) in [6.07, 6.45) is 5.38. The van der Waals surface area contributed by atoms with Crippen LogP contribution >= 0.6 is 0 Å². The summed E-state index contributed by atoms with van der Waals surface area (Å²) in [5.41, 5.74) is 5.73. The van der Waals surface area contributed by atoms with E-state index >= 15 is 0 Å². The van der Waals surface area contributed by atoms with Crippen LogP contribution in [0, 0.1) is 0 Å². The van der Waals surface area contributed by atoms with E-state index in [4.69, 9.17) is 10.8 Å². The number of nitrogens with two attached hydrogens (primary N) is 1. The maximum Gasteiger partial charge on any atom is 0.240 e. The number of rotatable bonds is 6. The van der Waals surface area contributed by atoms with Crippen LogP contribution in [0.5, 0.6) is 0 Å². The van der Waals surface area contributed by atoms with Crippen molar-refractivity contribution in [3.05, 3.63) is 12.7 Å². The molecule has 86 valence electrons. The van der Waals surface area contributed by atoms with Crippen LogP contribution in [-0.4, -0.2) is 41.1 Å². The average molecular weight is 212 g/mol. The molecule has 1 saturated carbocycles. The molecule has 1 atom stereocenters. The first-order chi connectivity index (χ1) is 7.20. The van der Waals surface area contributed by atoms with Crippen LogP contribution in [0.2, 0.25) is 0 Å². The fourth-order valence-corrected chi connectivity index (χ4v) is 1.77. The Balaban J connectivity index is 2.53. The summed E-state index contributed by atoms with van der Waals surface area (Å²) >= 11 is 0. The Labute approximate surface area is 90.7 Å². The van der Waals surface area contributed by atoms with Gasteiger partial charge in [0.15, 0.2) is 0 Å². The number of hydrogen-bond donors (Lipinski definition) is 2.